The molecule has 1 aromatic rings. The fraction of sp³-hybridized carbons (Fsp3) is 0.533. The predicted molar refractivity (Wildman–Crippen MR) is 71.8 cm³/mol. The predicted octanol–water partition coefficient (Wildman–Crippen LogP) is 3.37. The molecule has 0 amide bonds. The fourth-order valence-electron chi connectivity index (χ4n) is 2.22. The molecule has 0 bridgehead atoms. The smallest absolute Gasteiger partial charge is 0.0372 e. The van der Waals surface area contributed by atoms with E-state index in [-0.39, 0.29) is 0 Å². The van der Waals surface area contributed by atoms with Crippen molar-refractivity contribution < 1.29 is 0 Å². The van der Waals surface area contributed by atoms with Crippen LogP contribution in [-0.4, -0.2) is 11.5 Å². The number of rotatable bonds is 5. The summed E-state index contributed by atoms with van der Waals surface area (Å²) in [6.45, 7) is 4.03. The second kappa shape index (κ2) is 6.55. The molecule has 2 heteroatoms. The standard InChI is InChI=1S/C15H22N2/c1-13-7-8-15(12-17-13)11-16-10-9-14-5-3-2-4-6-14/h5,7-8,12,16H,2-4,6,9-11H2,1H3. The van der Waals surface area contributed by atoms with Crippen molar-refractivity contribution in [2.24, 2.45) is 0 Å². The van der Waals surface area contributed by atoms with Crippen LogP contribution in [0.1, 0.15) is 43.4 Å². The van der Waals surface area contributed by atoms with Crippen molar-refractivity contribution in [3.8, 4) is 0 Å². The lowest BCUT2D eigenvalue weighted by Gasteiger charge is -2.12. The lowest BCUT2D eigenvalue weighted by Crippen LogP contribution is -2.15. The van der Waals surface area contributed by atoms with Gasteiger partial charge in [-0.3, -0.25) is 4.98 Å². The number of pyridine rings is 1. The highest BCUT2D eigenvalue weighted by Crippen LogP contribution is 2.19. The molecule has 0 aromatic carbocycles. The molecule has 0 saturated carbocycles. The third-order valence-electron chi connectivity index (χ3n) is 3.31. The van der Waals surface area contributed by atoms with Crippen LogP contribution in [0.2, 0.25) is 0 Å². The van der Waals surface area contributed by atoms with E-state index in [2.05, 4.69) is 28.5 Å². The van der Waals surface area contributed by atoms with Crippen molar-refractivity contribution in [2.45, 2.75) is 45.6 Å². The van der Waals surface area contributed by atoms with E-state index in [0.29, 0.717) is 0 Å². The summed E-state index contributed by atoms with van der Waals surface area (Å²) in [5, 5.41) is 3.49. The van der Waals surface area contributed by atoms with Crippen molar-refractivity contribution in [3.63, 3.8) is 0 Å². The highest BCUT2D eigenvalue weighted by atomic mass is 14.8. The summed E-state index contributed by atoms with van der Waals surface area (Å²) < 4.78 is 0. The van der Waals surface area contributed by atoms with Crippen LogP contribution in [0.5, 0.6) is 0 Å². The first-order valence-corrected chi connectivity index (χ1v) is 6.65. The highest BCUT2D eigenvalue weighted by molar-refractivity contribution is 5.13. The topological polar surface area (TPSA) is 24.9 Å². The quantitative estimate of drug-likeness (QED) is 0.619. The molecule has 1 heterocycles. The van der Waals surface area contributed by atoms with Gasteiger partial charge >= 0.3 is 0 Å². The first-order valence-electron chi connectivity index (χ1n) is 6.65. The lowest BCUT2D eigenvalue weighted by atomic mass is 9.97. The third-order valence-corrected chi connectivity index (χ3v) is 3.31. The van der Waals surface area contributed by atoms with Gasteiger partial charge in [0.15, 0.2) is 0 Å². The number of nitrogens with zero attached hydrogens (tertiary/aromatic N) is 1. The van der Waals surface area contributed by atoms with E-state index < -0.39 is 0 Å². The van der Waals surface area contributed by atoms with Crippen LogP contribution >= 0.6 is 0 Å². The van der Waals surface area contributed by atoms with Crippen LogP contribution in [0.3, 0.4) is 0 Å². The highest BCUT2D eigenvalue weighted by Gasteiger charge is 2.02. The summed E-state index contributed by atoms with van der Waals surface area (Å²) in [4.78, 5) is 4.30. The zero-order valence-electron chi connectivity index (χ0n) is 10.7. The Morgan fingerprint density at radius 3 is 2.94 bits per heavy atom. The van der Waals surface area contributed by atoms with Gasteiger partial charge < -0.3 is 5.32 Å². The minimum Gasteiger partial charge on any atom is -0.312 e. The molecule has 0 atom stereocenters. The maximum atomic E-state index is 4.30. The molecule has 0 saturated heterocycles. The molecular weight excluding hydrogens is 208 g/mol. The van der Waals surface area contributed by atoms with Gasteiger partial charge in [-0.15, -0.1) is 0 Å². The van der Waals surface area contributed by atoms with E-state index in [0.717, 1.165) is 18.8 Å². The van der Waals surface area contributed by atoms with Crippen molar-refractivity contribution in [1.29, 1.82) is 0 Å². The summed E-state index contributed by atoms with van der Waals surface area (Å²) in [6, 6.07) is 4.22. The zero-order chi connectivity index (χ0) is 11.9. The van der Waals surface area contributed by atoms with Crippen LogP contribution in [-0.2, 0) is 6.54 Å². The molecule has 2 nitrogen and oxygen atoms in total. The van der Waals surface area contributed by atoms with Crippen LogP contribution < -0.4 is 5.32 Å². The molecule has 1 aliphatic carbocycles. The summed E-state index contributed by atoms with van der Waals surface area (Å²) in [6.07, 6.45) is 11.0. The van der Waals surface area contributed by atoms with E-state index in [1.165, 1.54) is 37.7 Å². The zero-order valence-corrected chi connectivity index (χ0v) is 10.7. The molecule has 2 rings (SSSR count). The van der Waals surface area contributed by atoms with Crippen molar-refractivity contribution in [1.82, 2.24) is 10.3 Å². The van der Waals surface area contributed by atoms with Gasteiger partial charge in [-0.1, -0.05) is 17.7 Å². The van der Waals surface area contributed by atoms with Crippen LogP contribution in [0.25, 0.3) is 0 Å². The lowest BCUT2D eigenvalue weighted by molar-refractivity contribution is 0.632. The SMILES string of the molecule is Cc1ccc(CNCCC2=CCCCC2)cn1. The van der Waals surface area contributed by atoms with E-state index >= 15 is 0 Å². The molecule has 1 N–H and O–H groups in total. The Bertz CT molecular complexity index is 365. The molecule has 1 aromatic heterocycles. The summed E-state index contributed by atoms with van der Waals surface area (Å²) in [7, 11) is 0. The summed E-state index contributed by atoms with van der Waals surface area (Å²) in [5.74, 6) is 0. The van der Waals surface area contributed by atoms with Gasteiger partial charge in [-0.05, 0) is 57.2 Å². The number of nitrogens with one attached hydrogen (secondary N) is 1. The minimum absolute atomic E-state index is 0.931. The van der Waals surface area contributed by atoms with E-state index in [4.69, 9.17) is 0 Å². The molecule has 0 aliphatic heterocycles. The Balaban J connectivity index is 1.66. The van der Waals surface area contributed by atoms with E-state index in [9.17, 15) is 0 Å². The maximum absolute atomic E-state index is 4.30. The Kier molecular flexibility index (Phi) is 4.75. The largest absolute Gasteiger partial charge is 0.312 e. The molecule has 92 valence electrons. The summed E-state index contributed by atoms with van der Waals surface area (Å²) >= 11 is 0. The van der Waals surface area contributed by atoms with Gasteiger partial charge in [-0.25, -0.2) is 0 Å². The first-order chi connectivity index (χ1) is 8.34. The van der Waals surface area contributed by atoms with Crippen molar-refractivity contribution in [3.05, 3.63) is 41.2 Å². The molecule has 0 spiro atoms. The average molecular weight is 230 g/mol. The monoisotopic (exact) mass is 230 g/mol. The van der Waals surface area contributed by atoms with Crippen molar-refractivity contribution >= 4 is 0 Å². The van der Waals surface area contributed by atoms with Crippen molar-refractivity contribution in [2.75, 3.05) is 6.54 Å². The molecule has 0 unspecified atom stereocenters. The molecule has 0 fully saturated rings. The van der Waals surface area contributed by atoms with Gasteiger partial charge in [0.1, 0.15) is 0 Å². The Morgan fingerprint density at radius 1 is 1.29 bits per heavy atom. The van der Waals surface area contributed by atoms with Gasteiger partial charge in [0.05, 0.1) is 0 Å². The number of aromatic nitrogens is 1. The van der Waals surface area contributed by atoms with Gasteiger partial charge in [-0.2, -0.15) is 0 Å². The van der Waals surface area contributed by atoms with Crippen LogP contribution in [0.15, 0.2) is 30.0 Å². The number of aryl methyl sites for hydroxylation is 1. The number of hydrogen-bond acceptors (Lipinski definition) is 2. The Morgan fingerprint density at radius 2 is 2.24 bits per heavy atom. The van der Waals surface area contributed by atoms with Gasteiger partial charge in [0, 0.05) is 18.4 Å². The Labute approximate surface area is 104 Å². The van der Waals surface area contributed by atoms with E-state index in [1.807, 2.05) is 13.1 Å². The number of allylic oxidation sites excluding steroid dienone is 1. The first kappa shape index (κ1) is 12.3. The Hall–Kier alpha value is -1.15. The maximum Gasteiger partial charge on any atom is 0.0372 e. The minimum atomic E-state index is 0.931. The third kappa shape index (κ3) is 4.31. The summed E-state index contributed by atoms with van der Waals surface area (Å²) in [5.41, 5.74) is 4.00. The average Bonchev–Trinajstić information content (AvgIpc) is 2.38. The fourth-order valence-corrected chi connectivity index (χ4v) is 2.22. The second-order valence-corrected chi connectivity index (χ2v) is 4.84. The molecule has 17 heavy (non-hydrogen) atoms. The number of hydrogen-bond donors (Lipinski definition) is 1. The van der Waals surface area contributed by atoms with Crippen LogP contribution in [0.4, 0.5) is 0 Å². The van der Waals surface area contributed by atoms with Crippen LogP contribution in [0, 0.1) is 6.92 Å². The van der Waals surface area contributed by atoms with Gasteiger partial charge in [0.2, 0.25) is 0 Å². The molecular formula is C15H22N2. The normalized spacial score (nSPS) is 15.7. The molecule has 1 aliphatic rings. The second-order valence-electron chi connectivity index (χ2n) is 4.84. The molecule has 0 radical (unpaired) electrons. The van der Waals surface area contributed by atoms with Gasteiger partial charge in [0.25, 0.3) is 0 Å². The van der Waals surface area contributed by atoms with E-state index in [1.54, 1.807) is 5.57 Å².